The Hall–Kier alpha value is -0.810. The SMILES string of the molecule is CCN(CC)CCOC(=O)N(C)CCCN(C)C. The number of likely N-dealkylation sites (N-methyl/N-ethyl adjacent to an activating group) is 1. The monoisotopic (exact) mass is 259 g/mol. The highest BCUT2D eigenvalue weighted by Gasteiger charge is 2.10. The van der Waals surface area contributed by atoms with Gasteiger partial charge in [0.25, 0.3) is 0 Å². The van der Waals surface area contributed by atoms with Crippen LogP contribution in [-0.4, -0.2) is 81.3 Å². The molecule has 1 amide bonds. The minimum Gasteiger partial charge on any atom is -0.448 e. The van der Waals surface area contributed by atoms with E-state index in [2.05, 4.69) is 23.6 Å². The van der Waals surface area contributed by atoms with Crippen molar-refractivity contribution in [2.75, 3.05) is 60.5 Å². The number of ether oxygens (including phenoxy) is 1. The summed E-state index contributed by atoms with van der Waals surface area (Å²) < 4.78 is 5.23. The molecule has 0 spiro atoms. The highest BCUT2D eigenvalue weighted by Crippen LogP contribution is 1.95. The molecule has 0 fully saturated rings. The van der Waals surface area contributed by atoms with Gasteiger partial charge in [0.1, 0.15) is 6.61 Å². The van der Waals surface area contributed by atoms with Gasteiger partial charge in [-0.2, -0.15) is 0 Å². The zero-order chi connectivity index (χ0) is 14.0. The minimum atomic E-state index is -0.221. The van der Waals surface area contributed by atoms with Crippen molar-refractivity contribution in [1.29, 1.82) is 0 Å². The van der Waals surface area contributed by atoms with Crippen molar-refractivity contribution in [3.8, 4) is 0 Å². The van der Waals surface area contributed by atoms with Crippen LogP contribution in [0.4, 0.5) is 4.79 Å². The Morgan fingerprint density at radius 3 is 2.11 bits per heavy atom. The van der Waals surface area contributed by atoms with Crippen LogP contribution in [0.2, 0.25) is 0 Å². The Kier molecular flexibility index (Phi) is 9.69. The molecule has 0 aromatic heterocycles. The molecule has 0 aromatic carbocycles. The number of carbonyl (C=O) groups is 1. The molecule has 0 saturated carbocycles. The number of amides is 1. The lowest BCUT2D eigenvalue weighted by Crippen LogP contribution is -2.33. The van der Waals surface area contributed by atoms with Crippen LogP contribution in [0.1, 0.15) is 20.3 Å². The Balaban J connectivity index is 3.67. The topological polar surface area (TPSA) is 36.0 Å². The van der Waals surface area contributed by atoms with E-state index < -0.39 is 0 Å². The zero-order valence-electron chi connectivity index (χ0n) is 12.6. The lowest BCUT2D eigenvalue weighted by molar-refractivity contribution is 0.0982. The van der Waals surface area contributed by atoms with Crippen LogP contribution in [0.3, 0.4) is 0 Å². The van der Waals surface area contributed by atoms with E-state index >= 15 is 0 Å². The largest absolute Gasteiger partial charge is 0.448 e. The molecule has 5 heteroatoms. The van der Waals surface area contributed by atoms with Crippen LogP contribution in [0.25, 0.3) is 0 Å². The third-order valence-corrected chi connectivity index (χ3v) is 2.94. The molecular formula is C13H29N3O2. The average Bonchev–Trinajstić information content (AvgIpc) is 2.33. The van der Waals surface area contributed by atoms with Gasteiger partial charge in [-0.1, -0.05) is 13.8 Å². The molecule has 0 aromatic rings. The van der Waals surface area contributed by atoms with Crippen molar-refractivity contribution < 1.29 is 9.53 Å². The summed E-state index contributed by atoms with van der Waals surface area (Å²) in [7, 11) is 5.85. The number of nitrogens with zero attached hydrogens (tertiary/aromatic N) is 3. The zero-order valence-corrected chi connectivity index (χ0v) is 12.6. The van der Waals surface area contributed by atoms with Gasteiger partial charge in [-0.05, 0) is 40.2 Å². The van der Waals surface area contributed by atoms with E-state index in [-0.39, 0.29) is 6.09 Å². The lowest BCUT2D eigenvalue weighted by Gasteiger charge is -2.21. The standard InChI is InChI=1S/C13H29N3O2/c1-6-16(7-2)11-12-18-13(17)15(5)10-8-9-14(3)4/h6-12H2,1-5H3. The van der Waals surface area contributed by atoms with Crippen LogP contribution >= 0.6 is 0 Å². The number of rotatable bonds is 9. The summed E-state index contributed by atoms with van der Waals surface area (Å²) in [5.74, 6) is 0. The highest BCUT2D eigenvalue weighted by atomic mass is 16.6. The molecule has 0 N–H and O–H groups in total. The van der Waals surface area contributed by atoms with Crippen LogP contribution in [0, 0.1) is 0 Å². The van der Waals surface area contributed by atoms with Crippen molar-refractivity contribution in [3.63, 3.8) is 0 Å². The summed E-state index contributed by atoms with van der Waals surface area (Å²) in [5, 5.41) is 0. The van der Waals surface area contributed by atoms with E-state index in [0.29, 0.717) is 6.61 Å². The van der Waals surface area contributed by atoms with Crippen molar-refractivity contribution in [2.24, 2.45) is 0 Å². The number of hydrogen-bond donors (Lipinski definition) is 0. The number of hydrogen-bond acceptors (Lipinski definition) is 4. The maximum Gasteiger partial charge on any atom is 0.409 e. The summed E-state index contributed by atoms with van der Waals surface area (Å²) in [4.78, 5) is 17.6. The molecule has 18 heavy (non-hydrogen) atoms. The Morgan fingerprint density at radius 1 is 1.00 bits per heavy atom. The summed E-state index contributed by atoms with van der Waals surface area (Å²) in [6, 6.07) is 0. The molecule has 0 aliphatic heterocycles. The fourth-order valence-electron chi connectivity index (χ4n) is 1.63. The molecule has 5 nitrogen and oxygen atoms in total. The third kappa shape index (κ3) is 8.31. The van der Waals surface area contributed by atoms with Gasteiger partial charge in [0.15, 0.2) is 0 Å². The predicted molar refractivity (Wildman–Crippen MR) is 74.9 cm³/mol. The fourth-order valence-corrected chi connectivity index (χ4v) is 1.63. The van der Waals surface area contributed by atoms with E-state index in [1.165, 1.54) is 0 Å². The summed E-state index contributed by atoms with van der Waals surface area (Å²) in [6.45, 7) is 9.21. The highest BCUT2D eigenvalue weighted by molar-refractivity contribution is 5.67. The number of carbonyl (C=O) groups excluding carboxylic acids is 1. The maximum atomic E-state index is 11.6. The molecule has 0 aliphatic rings. The van der Waals surface area contributed by atoms with Gasteiger partial charge < -0.3 is 19.4 Å². The minimum absolute atomic E-state index is 0.221. The molecular weight excluding hydrogens is 230 g/mol. The first-order valence-corrected chi connectivity index (χ1v) is 6.76. The first kappa shape index (κ1) is 17.2. The van der Waals surface area contributed by atoms with E-state index in [1.807, 2.05) is 14.1 Å². The normalized spacial score (nSPS) is 11.1. The second-order valence-electron chi connectivity index (χ2n) is 4.72. The summed E-state index contributed by atoms with van der Waals surface area (Å²) in [6.07, 6.45) is 0.746. The Morgan fingerprint density at radius 2 is 1.61 bits per heavy atom. The second kappa shape index (κ2) is 10.1. The molecule has 0 unspecified atom stereocenters. The molecule has 108 valence electrons. The van der Waals surface area contributed by atoms with E-state index in [0.717, 1.165) is 39.1 Å². The van der Waals surface area contributed by atoms with Crippen molar-refractivity contribution in [1.82, 2.24) is 14.7 Å². The molecule has 0 bridgehead atoms. The maximum absolute atomic E-state index is 11.6. The van der Waals surface area contributed by atoms with Gasteiger partial charge in [-0.15, -0.1) is 0 Å². The summed E-state index contributed by atoms with van der Waals surface area (Å²) in [5.41, 5.74) is 0. The van der Waals surface area contributed by atoms with Crippen molar-refractivity contribution in [2.45, 2.75) is 20.3 Å². The van der Waals surface area contributed by atoms with Crippen LogP contribution in [0.15, 0.2) is 0 Å². The van der Waals surface area contributed by atoms with Crippen LogP contribution in [-0.2, 0) is 4.74 Å². The fraction of sp³-hybridized carbons (Fsp3) is 0.923. The smallest absolute Gasteiger partial charge is 0.409 e. The first-order chi connectivity index (χ1) is 8.51. The van der Waals surface area contributed by atoms with Crippen molar-refractivity contribution >= 4 is 6.09 Å². The van der Waals surface area contributed by atoms with Gasteiger partial charge in [0.2, 0.25) is 0 Å². The van der Waals surface area contributed by atoms with Gasteiger partial charge in [-0.3, -0.25) is 0 Å². The molecule has 0 radical (unpaired) electrons. The Labute approximate surface area is 112 Å². The predicted octanol–water partition coefficient (Wildman–Crippen LogP) is 1.35. The molecule has 0 saturated heterocycles. The van der Waals surface area contributed by atoms with E-state index in [9.17, 15) is 4.79 Å². The molecule has 0 aliphatic carbocycles. The van der Waals surface area contributed by atoms with E-state index in [1.54, 1.807) is 11.9 Å². The van der Waals surface area contributed by atoms with Gasteiger partial charge >= 0.3 is 6.09 Å². The third-order valence-electron chi connectivity index (χ3n) is 2.94. The van der Waals surface area contributed by atoms with Gasteiger partial charge in [0.05, 0.1) is 0 Å². The van der Waals surface area contributed by atoms with Gasteiger partial charge in [0, 0.05) is 20.1 Å². The van der Waals surface area contributed by atoms with Crippen LogP contribution < -0.4 is 0 Å². The molecule has 0 heterocycles. The molecule has 0 rings (SSSR count). The average molecular weight is 259 g/mol. The lowest BCUT2D eigenvalue weighted by atomic mass is 10.4. The molecule has 0 atom stereocenters. The van der Waals surface area contributed by atoms with Gasteiger partial charge in [-0.25, -0.2) is 4.79 Å². The van der Waals surface area contributed by atoms with E-state index in [4.69, 9.17) is 4.74 Å². The van der Waals surface area contributed by atoms with Crippen LogP contribution in [0.5, 0.6) is 0 Å². The Bertz CT molecular complexity index is 218. The second-order valence-corrected chi connectivity index (χ2v) is 4.72. The summed E-state index contributed by atoms with van der Waals surface area (Å²) >= 11 is 0. The first-order valence-electron chi connectivity index (χ1n) is 6.76. The van der Waals surface area contributed by atoms with Crippen molar-refractivity contribution in [3.05, 3.63) is 0 Å². The quantitative estimate of drug-likeness (QED) is 0.626.